The van der Waals surface area contributed by atoms with Crippen LogP contribution in [0.1, 0.15) is 45.4 Å². The molecule has 4 atom stereocenters. The van der Waals surface area contributed by atoms with Crippen LogP contribution in [-0.4, -0.2) is 47.4 Å². The van der Waals surface area contributed by atoms with Crippen LogP contribution < -0.4 is 9.80 Å². The van der Waals surface area contributed by atoms with Gasteiger partial charge >= 0.3 is 0 Å². The highest BCUT2D eigenvalue weighted by molar-refractivity contribution is 5.52. The van der Waals surface area contributed by atoms with E-state index in [1.165, 1.54) is 25.7 Å². The highest BCUT2D eigenvalue weighted by atomic mass is 16.3. The van der Waals surface area contributed by atoms with Gasteiger partial charge in [-0.3, -0.25) is 0 Å². The average molecular weight is 330 g/mol. The molecule has 0 aromatic carbocycles. The maximum atomic E-state index is 9.47. The number of anilines is 2. The molecule has 3 fully saturated rings. The maximum Gasteiger partial charge on any atom is 0.134 e. The Bertz CT molecular complexity index is 566. The normalized spacial score (nSPS) is 33.6. The Morgan fingerprint density at radius 3 is 2.79 bits per heavy atom. The molecule has 1 N–H and O–H groups in total. The molecule has 4 rings (SSSR count). The monoisotopic (exact) mass is 330 g/mol. The lowest BCUT2D eigenvalue weighted by Crippen LogP contribution is -2.38. The first-order chi connectivity index (χ1) is 11.8. The second-order valence-electron chi connectivity index (χ2n) is 8.02. The van der Waals surface area contributed by atoms with E-state index in [0.717, 1.165) is 55.9 Å². The van der Waals surface area contributed by atoms with Crippen molar-refractivity contribution in [2.45, 2.75) is 51.5 Å². The molecule has 0 spiro atoms. The number of aliphatic hydroxyl groups is 1. The van der Waals surface area contributed by atoms with Crippen LogP contribution in [0.2, 0.25) is 0 Å². The maximum absolute atomic E-state index is 9.47. The van der Waals surface area contributed by atoms with Crippen LogP contribution in [0.5, 0.6) is 0 Å². The van der Waals surface area contributed by atoms with Crippen LogP contribution in [-0.2, 0) is 0 Å². The van der Waals surface area contributed by atoms with Crippen molar-refractivity contribution in [3.05, 3.63) is 12.4 Å². The predicted octanol–water partition coefficient (Wildman–Crippen LogP) is 2.70. The van der Waals surface area contributed by atoms with Crippen LogP contribution in [0, 0.1) is 17.8 Å². The van der Waals surface area contributed by atoms with Gasteiger partial charge < -0.3 is 14.9 Å². The van der Waals surface area contributed by atoms with Crippen molar-refractivity contribution in [3.8, 4) is 0 Å². The standard InChI is InChI=1S/C19H30N4O/c1-14-10-23(17-7-3-2-6-16(14)17)19-9-18(20-13-21-19)22-8-4-5-15(11-22)12-24/h9,13-17,24H,2-8,10-12H2,1H3. The first-order valence-corrected chi connectivity index (χ1v) is 9.70. The van der Waals surface area contributed by atoms with Crippen molar-refractivity contribution in [2.24, 2.45) is 17.8 Å². The molecule has 132 valence electrons. The molecular weight excluding hydrogens is 300 g/mol. The molecule has 0 radical (unpaired) electrons. The van der Waals surface area contributed by atoms with Crippen molar-refractivity contribution >= 4 is 11.6 Å². The molecule has 24 heavy (non-hydrogen) atoms. The average Bonchev–Trinajstić information content (AvgIpc) is 2.99. The molecule has 1 aromatic heterocycles. The fourth-order valence-corrected chi connectivity index (χ4v) is 5.12. The van der Waals surface area contributed by atoms with E-state index in [9.17, 15) is 5.11 Å². The van der Waals surface area contributed by atoms with Gasteiger partial charge in [-0.05, 0) is 43.4 Å². The van der Waals surface area contributed by atoms with Crippen LogP contribution in [0.25, 0.3) is 0 Å². The quantitative estimate of drug-likeness (QED) is 0.923. The Hall–Kier alpha value is -1.36. The highest BCUT2D eigenvalue weighted by Gasteiger charge is 2.41. The van der Waals surface area contributed by atoms with Crippen LogP contribution in [0.15, 0.2) is 12.4 Å². The smallest absolute Gasteiger partial charge is 0.134 e. The van der Waals surface area contributed by atoms with Gasteiger partial charge in [-0.25, -0.2) is 9.97 Å². The van der Waals surface area contributed by atoms with E-state index >= 15 is 0 Å². The molecule has 1 aromatic rings. The Kier molecular flexibility index (Phi) is 4.61. The molecule has 5 nitrogen and oxygen atoms in total. The van der Waals surface area contributed by atoms with Gasteiger partial charge in [-0.15, -0.1) is 0 Å². The number of aliphatic hydroxyl groups excluding tert-OH is 1. The van der Waals surface area contributed by atoms with Gasteiger partial charge in [-0.1, -0.05) is 19.8 Å². The fraction of sp³-hybridized carbons (Fsp3) is 0.789. The zero-order chi connectivity index (χ0) is 16.5. The SMILES string of the molecule is CC1CN(c2cc(N3CCCC(CO)C3)ncn2)C2CCCCC12. The summed E-state index contributed by atoms with van der Waals surface area (Å²) < 4.78 is 0. The fourth-order valence-electron chi connectivity index (χ4n) is 5.12. The summed E-state index contributed by atoms with van der Waals surface area (Å²) >= 11 is 0. The third kappa shape index (κ3) is 2.99. The van der Waals surface area contributed by atoms with Gasteiger partial charge in [0.25, 0.3) is 0 Å². The third-order valence-corrected chi connectivity index (χ3v) is 6.43. The number of piperidine rings is 1. The van der Waals surface area contributed by atoms with Crippen molar-refractivity contribution in [3.63, 3.8) is 0 Å². The lowest BCUT2D eigenvalue weighted by atomic mass is 9.80. The number of aromatic nitrogens is 2. The minimum absolute atomic E-state index is 0.280. The molecule has 0 amide bonds. The summed E-state index contributed by atoms with van der Waals surface area (Å²) in [5.41, 5.74) is 0. The largest absolute Gasteiger partial charge is 0.396 e. The van der Waals surface area contributed by atoms with Crippen LogP contribution in [0.4, 0.5) is 11.6 Å². The molecular formula is C19H30N4O. The molecule has 3 heterocycles. The van der Waals surface area contributed by atoms with Crippen LogP contribution >= 0.6 is 0 Å². The predicted molar refractivity (Wildman–Crippen MR) is 96.3 cm³/mol. The number of hydrogen-bond donors (Lipinski definition) is 1. The van der Waals surface area contributed by atoms with Crippen molar-refractivity contribution in [1.82, 2.24) is 9.97 Å². The first-order valence-electron chi connectivity index (χ1n) is 9.70. The summed E-state index contributed by atoms with van der Waals surface area (Å²) in [6.45, 7) is 5.76. The minimum Gasteiger partial charge on any atom is -0.396 e. The first kappa shape index (κ1) is 16.1. The number of nitrogens with zero attached hydrogens (tertiary/aromatic N) is 4. The van der Waals surface area contributed by atoms with Crippen LogP contribution in [0.3, 0.4) is 0 Å². The minimum atomic E-state index is 0.280. The van der Waals surface area contributed by atoms with Gasteiger partial charge in [0.05, 0.1) is 0 Å². The van der Waals surface area contributed by atoms with E-state index in [0.29, 0.717) is 12.0 Å². The van der Waals surface area contributed by atoms with Gasteiger partial charge in [0.2, 0.25) is 0 Å². The number of rotatable bonds is 3. The summed E-state index contributed by atoms with van der Waals surface area (Å²) in [5.74, 6) is 4.12. The molecule has 1 aliphatic carbocycles. The third-order valence-electron chi connectivity index (χ3n) is 6.43. The summed E-state index contributed by atoms with van der Waals surface area (Å²) in [7, 11) is 0. The topological polar surface area (TPSA) is 52.5 Å². The zero-order valence-electron chi connectivity index (χ0n) is 14.8. The van der Waals surface area contributed by atoms with E-state index in [1.54, 1.807) is 6.33 Å². The Morgan fingerprint density at radius 1 is 1.08 bits per heavy atom. The number of fused-ring (bicyclic) bond motifs is 1. The molecule has 4 unspecified atom stereocenters. The van der Waals surface area contributed by atoms with E-state index in [2.05, 4.69) is 32.8 Å². The highest BCUT2D eigenvalue weighted by Crippen LogP contribution is 2.41. The summed E-state index contributed by atoms with van der Waals surface area (Å²) in [6, 6.07) is 2.85. The van der Waals surface area contributed by atoms with Crippen molar-refractivity contribution < 1.29 is 5.11 Å². The van der Waals surface area contributed by atoms with Gasteiger partial charge in [0.1, 0.15) is 18.0 Å². The summed E-state index contributed by atoms with van der Waals surface area (Å²) in [6.07, 6.45) is 9.43. The Morgan fingerprint density at radius 2 is 1.92 bits per heavy atom. The van der Waals surface area contributed by atoms with Crippen molar-refractivity contribution in [1.29, 1.82) is 0 Å². The molecule has 3 aliphatic rings. The molecule has 5 heteroatoms. The molecule has 1 saturated carbocycles. The van der Waals surface area contributed by atoms with E-state index in [1.807, 2.05) is 0 Å². The van der Waals surface area contributed by atoms with Gasteiger partial charge in [0.15, 0.2) is 0 Å². The number of hydrogen-bond acceptors (Lipinski definition) is 5. The molecule has 2 saturated heterocycles. The lowest BCUT2D eigenvalue weighted by Gasteiger charge is -2.35. The van der Waals surface area contributed by atoms with Crippen molar-refractivity contribution in [2.75, 3.05) is 36.0 Å². The summed E-state index contributed by atoms with van der Waals surface area (Å²) in [5, 5.41) is 9.47. The Balaban J connectivity index is 1.54. The van der Waals surface area contributed by atoms with E-state index in [-0.39, 0.29) is 6.61 Å². The molecule has 2 aliphatic heterocycles. The van der Waals surface area contributed by atoms with E-state index < -0.39 is 0 Å². The molecule has 0 bridgehead atoms. The Labute approximate surface area is 145 Å². The van der Waals surface area contributed by atoms with E-state index in [4.69, 9.17) is 0 Å². The zero-order valence-corrected chi connectivity index (χ0v) is 14.8. The second-order valence-corrected chi connectivity index (χ2v) is 8.02. The summed E-state index contributed by atoms with van der Waals surface area (Å²) in [4.78, 5) is 14.0. The lowest BCUT2D eigenvalue weighted by molar-refractivity contribution is 0.208. The van der Waals surface area contributed by atoms with Gasteiger partial charge in [0, 0.05) is 38.3 Å². The second kappa shape index (κ2) is 6.87. The van der Waals surface area contributed by atoms with Gasteiger partial charge in [-0.2, -0.15) is 0 Å².